The lowest BCUT2D eigenvalue weighted by Crippen LogP contribution is -2.41. The van der Waals surface area contributed by atoms with Crippen LogP contribution in [0, 0.1) is 6.92 Å². The van der Waals surface area contributed by atoms with Crippen LogP contribution in [0.15, 0.2) is 21.5 Å². The number of nitrogens with zero attached hydrogens (tertiary/aromatic N) is 4. The number of aromatic nitrogens is 3. The van der Waals surface area contributed by atoms with Crippen molar-refractivity contribution in [1.82, 2.24) is 19.8 Å². The zero-order valence-electron chi connectivity index (χ0n) is 13.7. The number of hydrogen-bond acceptors (Lipinski definition) is 5. The van der Waals surface area contributed by atoms with Gasteiger partial charge in [-0.2, -0.15) is 5.10 Å². The van der Waals surface area contributed by atoms with E-state index in [4.69, 9.17) is 4.52 Å². The van der Waals surface area contributed by atoms with Crippen molar-refractivity contribution >= 4 is 5.91 Å². The SMILES string of the molecule is Cc1cc(C(=O)N2CCCC2Cn2nc3c(cc2=O)CCC3)no1. The summed E-state index contributed by atoms with van der Waals surface area (Å²) in [5.41, 5.74) is 2.35. The molecule has 1 atom stereocenters. The van der Waals surface area contributed by atoms with Crippen LogP contribution in [0.5, 0.6) is 0 Å². The van der Waals surface area contributed by atoms with Gasteiger partial charge in [-0.15, -0.1) is 0 Å². The first-order valence-corrected chi connectivity index (χ1v) is 8.46. The molecule has 2 aromatic heterocycles. The Morgan fingerprint density at radius 2 is 2.21 bits per heavy atom. The van der Waals surface area contributed by atoms with Crippen molar-refractivity contribution in [3.8, 4) is 0 Å². The Hall–Kier alpha value is -2.44. The third-order valence-corrected chi connectivity index (χ3v) is 4.89. The van der Waals surface area contributed by atoms with Crippen molar-refractivity contribution < 1.29 is 9.32 Å². The minimum atomic E-state index is -0.136. The molecule has 7 heteroatoms. The summed E-state index contributed by atoms with van der Waals surface area (Å²) in [4.78, 5) is 26.7. The maximum Gasteiger partial charge on any atom is 0.276 e. The molecular weight excluding hydrogens is 308 g/mol. The maximum atomic E-state index is 12.6. The van der Waals surface area contributed by atoms with Gasteiger partial charge in [0, 0.05) is 18.7 Å². The number of amides is 1. The normalized spacial score (nSPS) is 19.7. The predicted octanol–water partition coefficient (Wildman–Crippen LogP) is 1.33. The molecule has 1 fully saturated rings. The molecule has 0 N–H and O–H groups in total. The topological polar surface area (TPSA) is 81.2 Å². The van der Waals surface area contributed by atoms with Crippen LogP contribution in [-0.2, 0) is 19.4 Å². The first-order valence-electron chi connectivity index (χ1n) is 8.46. The average Bonchev–Trinajstić information content (AvgIpc) is 3.28. The summed E-state index contributed by atoms with van der Waals surface area (Å²) >= 11 is 0. The number of fused-ring (bicyclic) bond motifs is 1. The highest BCUT2D eigenvalue weighted by Gasteiger charge is 2.32. The van der Waals surface area contributed by atoms with Crippen molar-refractivity contribution in [3.63, 3.8) is 0 Å². The Bertz CT molecular complexity index is 839. The smallest absolute Gasteiger partial charge is 0.276 e. The molecule has 4 rings (SSSR count). The van der Waals surface area contributed by atoms with Gasteiger partial charge in [0.2, 0.25) is 0 Å². The van der Waals surface area contributed by atoms with Gasteiger partial charge in [0.15, 0.2) is 5.69 Å². The summed E-state index contributed by atoms with van der Waals surface area (Å²) in [5.74, 6) is 0.481. The standard InChI is InChI=1S/C17H20N4O3/c1-11-8-15(19-24-11)17(23)20-7-3-5-13(20)10-21-16(22)9-12-4-2-6-14(12)18-21/h8-9,13H,2-7,10H2,1H3. The lowest BCUT2D eigenvalue weighted by molar-refractivity contribution is 0.0709. The largest absolute Gasteiger partial charge is 0.361 e. The van der Waals surface area contributed by atoms with Gasteiger partial charge in [0.25, 0.3) is 11.5 Å². The fourth-order valence-electron chi connectivity index (χ4n) is 3.68. The molecule has 0 bridgehead atoms. The summed E-state index contributed by atoms with van der Waals surface area (Å²) in [6.07, 6.45) is 4.73. The van der Waals surface area contributed by atoms with Crippen LogP contribution in [0.2, 0.25) is 0 Å². The Morgan fingerprint density at radius 1 is 1.33 bits per heavy atom. The van der Waals surface area contributed by atoms with Gasteiger partial charge < -0.3 is 9.42 Å². The highest BCUT2D eigenvalue weighted by molar-refractivity contribution is 5.92. The van der Waals surface area contributed by atoms with Gasteiger partial charge in [0.05, 0.1) is 18.3 Å². The van der Waals surface area contributed by atoms with Gasteiger partial charge >= 0.3 is 0 Å². The second kappa shape index (κ2) is 5.89. The number of aryl methyl sites for hydroxylation is 3. The van der Waals surface area contributed by atoms with Crippen LogP contribution in [0.1, 0.15) is 46.8 Å². The van der Waals surface area contributed by atoms with E-state index in [-0.39, 0.29) is 17.5 Å². The maximum absolute atomic E-state index is 12.6. The molecule has 3 heterocycles. The van der Waals surface area contributed by atoms with E-state index in [1.165, 1.54) is 4.68 Å². The molecule has 24 heavy (non-hydrogen) atoms. The van der Waals surface area contributed by atoms with Crippen molar-refractivity contribution in [2.24, 2.45) is 0 Å². The summed E-state index contributed by atoms with van der Waals surface area (Å²) in [6, 6.07) is 3.33. The zero-order valence-corrected chi connectivity index (χ0v) is 13.7. The summed E-state index contributed by atoms with van der Waals surface area (Å²) in [7, 11) is 0. The number of carbonyl (C=O) groups is 1. The zero-order chi connectivity index (χ0) is 16.7. The molecular formula is C17H20N4O3. The summed E-state index contributed by atoms with van der Waals surface area (Å²) in [5, 5.41) is 8.34. The molecule has 2 aromatic rings. The minimum Gasteiger partial charge on any atom is -0.361 e. The fraction of sp³-hybridized carbons (Fsp3) is 0.529. The predicted molar refractivity (Wildman–Crippen MR) is 85.8 cm³/mol. The molecule has 1 aliphatic heterocycles. The third-order valence-electron chi connectivity index (χ3n) is 4.89. The Morgan fingerprint density at radius 3 is 3.00 bits per heavy atom. The lowest BCUT2D eigenvalue weighted by Gasteiger charge is -2.24. The van der Waals surface area contributed by atoms with Crippen LogP contribution < -0.4 is 5.56 Å². The Labute approximate surface area is 139 Å². The van der Waals surface area contributed by atoms with E-state index in [0.29, 0.717) is 24.5 Å². The van der Waals surface area contributed by atoms with E-state index in [9.17, 15) is 9.59 Å². The first kappa shape index (κ1) is 15.1. The van der Waals surface area contributed by atoms with Crippen molar-refractivity contribution in [3.05, 3.63) is 45.2 Å². The second-order valence-electron chi connectivity index (χ2n) is 6.61. The highest BCUT2D eigenvalue weighted by atomic mass is 16.5. The van der Waals surface area contributed by atoms with E-state index in [0.717, 1.165) is 43.4 Å². The summed E-state index contributed by atoms with van der Waals surface area (Å²) < 4.78 is 6.53. The van der Waals surface area contributed by atoms with Gasteiger partial charge in [-0.3, -0.25) is 9.59 Å². The molecule has 0 saturated carbocycles. The molecule has 1 aliphatic carbocycles. The van der Waals surface area contributed by atoms with Gasteiger partial charge in [-0.25, -0.2) is 4.68 Å². The number of hydrogen-bond donors (Lipinski definition) is 0. The molecule has 7 nitrogen and oxygen atoms in total. The van der Waals surface area contributed by atoms with Crippen LogP contribution in [0.4, 0.5) is 0 Å². The van der Waals surface area contributed by atoms with E-state index in [1.54, 1.807) is 24.0 Å². The van der Waals surface area contributed by atoms with Crippen LogP contribution >= 0.6 is 0 Å². The molecule has 126 valence electrons. The average molecular weight is 328 g/mol. The minimum absolute atomic E-state index is 0.0286. The van der Waals surface area contributed by atoms with Crippen molar-refractivity contribution in [1.29, 1.82) is 0 Å². The van der Waals surface area contributed by atoms with Crippen molar-refractivity contribution in [2.75, 3.05) is 6.54 Å². The van der Waals surface area contributed by atoms with E-state index in [2.05, 4.69) is 10.3 Å². The summed E-state index contributed by atoms with van der Waals surface area (Å²) in [6.45, 7) is 2.88. The number of rotatable bonds is 3. The number of likely N-dealkylation sites (tertiary alicyclic amines) is 1. The molecule has 0 aromatic carbocycles. The molecule has 1 amide bonds. The van der Waals surface area contributed by atoms with Crippen molar-refractivity contribution in [2.45, 2.75) is 51.6 Å². The van der Waals surface area contributed by atoms with Gasteiger partial charge in [-0.05, 0) is 44.6 Å². The number of carbonyl (C=O) groups excluding carboxylic acids is 1. The lowest BCUT2D eigenvalue weighted by atomic mass is 10.2. The van der Waals surface area contributed by atoms with E-state index < -0.39 is 0 Å². The Kier molecular flexibility index (Phi) is 3.70. The molecule has 1 unspecified atom stereocenters. The van der Waals surface area contributed by atoms with Crippen LogP contribution in [-0.4, -0.2) is 38.3 Å². The van der Waals surface area contributed by atoms with Gasteiger partial charge in [-0.1, -0.05) is 5.16 Å². The Balaban J connectivity index is 1.56. The fourth-order valence-corrected chi connectivity index (χ4v) is 3.68. The second-order valence-corrected chi connectivity index (χ2v) is 6.61. The molecule has 2 aliphatic rings. The van der Waals surface area contributed by atoms with E-state index >= 15 is 0 Å². The quantitative estimate of drug-likeness (QED) is 0.849. The molecule has 1 saturated heterocycles. The molecule has 0 radical (unpaired) electrons. The first-order chi connectivity index (χ1) is 11.6. The molecule has 0 spiro atoms. The monoisotopic (exact) mass is 328 g/mol. The van der Waals surface area contributed by atoms with Crippen LogP contribution in [0.25, 0.3) is 0 Å². The van der Waals surface area contributed by atoms with Gasteiger partial charge in [0.1, 0.15) is 5.76 Å². The third kappa shape index (κ3) is 2.64. The van der Waals surface area contributed by atoms with Crippen LogP contribution in [0.3, 0.4) is 0 Å². The van der Waals surface area contributed by atoms with E-state index in [1.807, 2.05) is 0 Å². The highest BCUT2D eigenvalue weighted by Crippen LogP contribution is 2.22.